The van der Waals surface area contributed by atoms with Gasteiger partial charge in [0.25, 0.3) is 0 Å². The molecule has 4 heteroatoms. The lowest BCUT2D eigenvalue weighted by Crippen LogP contribution is -2.47. The molecule has 4 aromatic carbocycles. The van der Waals surface area contributed by atoms with Gasteiger partial charge in [-0.15, -0.1) is 0 Å². The van der Waals surface area contributed by atoms with Gasteiger partial charge in [0.2, 0.25) is 0 Å². The first-order valence-corrected chi connectivity index (χ1v) is 12.0. The van der Waals surface area contributed by atoms with E-state index in [-0.39, 0.29) is 0 Å². The fourth-order valence-corrected chi connectivity index (χ4v) is 5.19. The number of hydrogen-bond acceptors (Lipinski definition) is 4. The molecule has 186 valence electrons. The van der Waals surface area contributed by atoms with Gasteiger partial charge in [-0.25, -0.2) is 0 Å². The van der Waals surface area contributed by atoms with Gasteiger partial charge in [-0.05, 0) is 70.8 Å². The van der Waals surface area contributed by atoms with Crippen LogP contribution in [0.2, 0.25) is 0 Å². The molecule has 0 radical (unpaired) electrons. The van der Waals surface area contributed by atoms with E-state index >= 15 is 0 Å². The molecule has 4 rings (SSSR count). The van der Waals surface area contributed by atoms with E-state index in [2.05, 4.69) is 62.4 Å². The van der Waals surface area contributed by atoms with E-state index in [1.54, 1.807) is 28.4 Å². The van der Waals surface area contributed by atoms with E-state index in [9.17, 15) is 0 Å². The molecule has 0 fully saturated rings. The third kappa shape index (κ3) is 4.28. The second-order valence-electron chi connectivity index (χ2n) is 9.16. The quantitative estimate of drug-likeness (QED) is 0.257. The minimum Gasteiger partial charge on any atom is -0.497 e. The van der Waals surface area contributed by atoms with Crippen LogP contribution in [0.4, 0.5) is 0 Å². The van der Waals surface area contributed by atoms with Gasteiger partial charge in [-0.2, -0.15) is 0 Å². The SMILES string of the molecule is COc1ccc(C(C)(c2ccc(OC)cc2)C(C)(c2ccc(OC)cc2)c2ccc(OC)cc2)cc1. The monoisotopic (exact) mass is 482 g/mol. The van der Waals surface area contributed by atoms with E-state index in [1.165, 1.54) is 22.3 Å². The van der Waals surface area contributed by atoms with Crippen LogP contribution in [-0.2, 0) is 10.8 Å². The van der Waals surface area contributed by atoms with Gasteiger partial charge >= 0.3 is 0 Å². The highest BCUT2D eigenvalue weighted by atomic mass is 16.5. The standard InChI is InChI=1S/C32H34O4/c1-31(23-7-15-27(33-3)16-8-23,24-9-17-28(34-4)18-10-24)32(2,25-11-19-29(35-5)20-12-25)26-13-21-30(36-6)22-14-26/h7-22H,1-6H3. The summed E-state index contributed by atoms with van der Waals surface area (Å²) in [4.78, 5) is 0. The van der Waals surface area contributed by atoms with E-state index in [4.69, 9.17) is 18.9 Å². The fraction of sp³-hybridized carbons (Fsp3) is 0.250. The second-order valence-corrected chi connectivity index (χ2v) is 9.16. The van der Waals surface area contributed by atoms with Crippen molar-refractivity contribution < 1.29 is 18.9 Å². The molecule has 0 N–H and O–H groups in total. The van der Waals surface area contributed by atoms with Gasteiger partial charge in [0.15, 0.2) is 0 Å². The van der Waals surface area contributed by atoms with Crippen molar-refractivity contribution in [2.75, 3.05) is 28.4 Å². The predicted octanol–water partition coefficient (Wildman–Crippen LogP) is 7.03. The van der Waals surface area contributed by atoms with Crippen LogP contribution in [0.5, 0.6) is 23.0 Å². The number of benzene rings is 4. The average Bonchev–Trinajstić information content (AvgIpc) is 2.96. The van der Waals surface area contributed by atoms with Crippen molar-refractivity contribution in [3.8, 4) is 23.0 Å². The highest BCUT2D eigenvalue weighted by Gasteiger charge is 2.49. The molecule has 0 atom stereocenters. The van der Waals surface area contributed by atoms with Gasteiger partial charge < -0.3 is 18.9 Å². The highest BCUT2D eigenvalue weighted by molar-refractivity contribution is 5.56. The lowest BCUT2D eigenvalue weighted by atomic mass is 9.53. The van der Waals surface area contributed by atoms with Crippen molar-refractivity contribution in [1.82, 2.24) is 0 Å². The van der Waals surface area contributed by atoms with Crippen molar-refractivity contribution in [1.29, 1.82) is 0 Å². The Hall–Kier alpha value is -3.92. The van der Waals surface area contributed by atoms with Crippen molar-refractivity contribution in [2.45, 2.75) is 24.7 Å². The Morgan fingerprint density at radius 2 is 0.500 bits per heavy atom. The Kier molecular flexibility index (Phi) is 7.25. The van der Waals surface area contributed by atoms with Gasteiger partial charge in [-0.3, -0.25) is 0 Å². The summed E-state index contributed by atoms with van der Waals surface area (Å²) in [5.74, 6) is 3.30. The third-order valence-corrected chi connectivity index (χ3v) is 7.67. The first kappa shape index (κ1) is 25.2. The Morgan fingerprint density at radius 3 is 0.639 bits per heavy atom. The van der Waals surface area contributed by atoms with Crippen molar-refractivity contribution >= 4 is 0 Å². The third-order valence-electron chi connectivity index (χ3n) is 7.67. The molecule has 0 unspecified atom stereocenters. The van der Waals surface area contributed by atoms with Crippen LogP contribution in [-0.4, -0.2) is 28.4 Å². The molecule has 4 nitrogen and oxygen atoms in total. The van der Waals surface area contributed by atoms with E-state index in [1.807, 2.05) is 48.5 Å². The fourth-order valence-electron chi connectivity index (χ4n) is 5.19. The largest absolute Gasteiger partial charge is 0.497 e. The number of methoxy groups -OCH3 is 4. The Morgan fingerprint density at radius 1 is 0.333 bits per heavy atom. The molecule has 0 spiro atoms. The molecule has 0 aliphatic heterocycles. The summed E-state index contributed by atoms with van der Waals surface area (Å²) in [5, 5.41) is 0. The topological polar surface area (TPSA) is 36.9 Å². The first-order valence-electron chi connectivity index (χ1n) is 12.0. The lowest BCUT2D eigenvalue weighted by molar-refractivity contribution is 0.356. The van der Waals surface area contributed by atoms with Crippen LogP contribution in [0.25, 0.3) is 0 Å². The minimum atomic E-state index is -0.477. The Labute approximate surface area is 214 Å². The molecule has 0 aliphatic carbocycles. The summed E-state index contributed by atoms with van der Waals surface area (Å²) in [7, 11) is 6.76. The van der Waals surface area contributed by atoms with Gasteiger partial charge in [0.1, 0.15) is 23.0 Å². The molecule has 0 aliphatic rings. The van der Waals surface area contributed by atoms with Crippen LogP contribution < -0.4 is 18.9 Å². The maximum atomic E-state index is 5.48. The summed E-state index contributed by atoms with van der Waals surface area (Å²) >= 11 is 0. The van der Waals surface area contributed by atoms with Gasteiger partial charge in [0, 0.05) is 10.8 Å². The van der Waals surface area contributed by atoms with Crippen LogP contribution in [0.3, 0.4) is 0 Å². The van der Waals surface area contributed by atoms with Crippen molar-refractivity contribution in [2.24, 2.45) is 0 Å². The molecule has 0 heterocycles. The maximum absolute atomic E-state index is 5.48. The van der Waals surface area contributed by atoms with Gasteiger partial charge in [0.05, 0.1) is 28.4 Å². The zero-order valence-electron chi connectivity index (χ0n) is 21.9. The molecule has 0 saturated carbocycles. The molecule has 0 bridgehead atoms. The average molecular weight is 483 g/mol. The van der Waals surface area contributed by atoms with Crippen LogP contribution in [0, 0.1) is 0 Å². The minimum absolute atomic E-state index is 0.477. The number of rotatable bonds is 9. The lowest BCUT2D eigenvalue weighted by Gasteiger charge is -2.49. The van der Waals surface area contributed by atoms with E-state index < -0.39 is 10.8 Å². The first-order chi connectivity index (χ1) is 17.4. The van der Waals surface area contributed by atoms with Gasteiger partial charge in [-0.1, -0.05) is 62.4 Å². The Balaban J connectivity index is 2.04. The van der Waals surface area contributed by atoms with E-state index in [0.29, 0.717) is 0 Å². The summed E-state index contributed by atoms with van der Waals surface area (Å²) in [6.45, 7) is 4.62. The summed E-state index contributed by atoms with van der Waals surface area (Å²) in [6.07, 6.45) is 0. The summed E-state index contributed by atoms with van der Waals surface area (Å²) in [6, 6.07) is 33.5. The predicted molar refractivity (Wildman–Crippen MR) is 145 cm³/mol. The zero-order chi connectivity index (χ0) is 25.8. The summed E-state index contributed by atoms with van der Waals surface area (Å²) in [5.41, 5.74) is 3.72. The highest BCUT2D eigenvalue weighted by Crippen LogP contribution is 2.53. The van der Waals surface area contributed by atoms with Crippen molar-refractivity contribution in [3.63, 3.8) is 0 Å². The number of hydrogen-bond donors (Lipinski definition) is 0. The molecule has 0 aromatic heterocycles. The second kappa shape index (κ2) is 10.4. The molecular weight excluding hydrogens is 448 g/mol. The zero-order valence-corrected chi connectivity index (χ0v) is 21.9. The normalized spacial score (nSPS) is 11.6. The number of ether oxygens (including phenoxy) is 4. The smallest absolute Gasteiger partial charge is 0.118 e. The van der Waals surface area contributed by atoms with Crippen LogP contribution >= 0.6 is 0 Å². The Bertz CT molecular complexity index is 1060. The molecule has 4 aromatic rings. The van der Waals surface area contributed by atoms with E-state index in [0.717, 1.165) is 23.0 Å². The van der Waals surface area contributed by atoms with Crippen molar-refractivity contribution in [3.05, 3.63) is 119 Å². The molecule has 36 heavy (non-hydrogen) atoms. The molecule has 0 saturated heterocycles. The maximum Gasteiger partial charge on any atom is 0.118 e. The van der Waals surface area contributed by atoms with Crippen LogP contribution in [0.15, 0.2) is 97.1 Å². The molecule has 0 amide bonds. The summed E-state index contributed by atoms with van der Waals surface area (Å²) < 4.78 is 21.9. The van der Waals surface area contributed by atoms with Crippen LogP contribution in [0.1, 0.15) is 36.1 Å². The molecular formula is C32H34O4.